The SMILES string of the molecule is NC(=O)c1cnc(N(C2CCOCC2)C2C3CC4CC2CC(O)(C4)C3)nc1C1CCC1. The summed E-state index contributed by atoms with van der Waals surface area (Å²) in [6.45, 7) is 1.54. The van der Waals surface area contributed by atoms with Gasteiger partial charge < -0.3 is 20.5 Å². The second-order valence-corrected chi connectivity index (χ2v) is 10.9. The number of carbonyl (C=O) groups is 1. The molecule has 0 radical (unpaired) electrons. The minimum Gasteiger partial charge on any atom is -0.390 e. The molecule has 7 heteroatoms. The Labute approximate surface area is 183 Å². The quantitative estimate of drug-likeness (QED) is 0.751. The standard InChI is InChI=1S/C24H34N4O3/c25-22(29)19-13-26-23(27-20(19)15-2-1-3-15)28(18-4-6-31-7-5-18)21-16-8-14-9-17(21)12-24(30,10-14)11-16/h13-18,21,30H,1-12H2,(H2,25,29). The summed E-state index contributed by atoms with van der Waals surface area (Å²) in [7, 11) is 0. The normalized spacial score (nSPS) is 37.6. The van der Waals surface area contributed by atoms with E-state index in [4.69, 9.17) is 20.4 Å². The van der Waals surface area contributed by atoms with Gasteiger partial charge in [-0.2, -0.15) is 0 Å². The molecule has 2 atom stereocenters. The summed E-state index contributed by atoms with van der Waals surface area (Å²) in [5.41, 5.74) is 6.56. The fourth-order valence-electron chi connectivity index (χ4n) is 7.60. The van der Waals surface area contributed by atoms with Crippen LogP contribution in [0.4, 0.5) is 5.95 Å². The lowest BCUT2D eigenvalue weighted by Crippen LogP contribution is -2.64. The minimum absolute atomic E-state index is 0.319. The number of nitrogens with two attached hydrogens (primary N) is 1. The molecule has 7 nitrogen and oxygen atoms in total. The first-order valence-corrected chi connectivity index (χ1v) is 12.3. The number of nitrogens with zero attached hydrogens (tertiary/aromatic N) is 3. The molecular formula is C24H34N4O3. The summed E-state index contributed by atoms with van der Waals surface area (Å²) in [5.74, 6) is 2.31. The Morgan fingerprint density at radius 2 is 1.84 bits per heavy atom. The minimum atomic E-state index is -0.456. The molecule has 1 amide bonds. The molecule has 5 saturated carbocycles. The lowest BCUT2D eigenvalue weighted by Gasteiger charge is -2.61. The van der Waals surface area contributed by atoms with Crippen molar-refractivity contribution in [3.63, 3.8) is 0 Å². The fourth-order valence-corrected chi connectivity index (χ4v) is 7.60. The number of carbonyl (C=O) groups excluding carboxylic acids is 1. The summed E-state index contributed by atoms with van der Waals surface area (Å²) in [4.78, 5) is 24.4. The molecule has 1 aliphatic heterocycles. The summed E-state index contributed by atoms with van der Waals surface area (Å²) in [5, 5.41) is 11.1. The number of primary amides is 1. The third-order valence-electron chi connectivity index (χ3n) is 8.89. The maximum atomic E-state index is 12.1. The first kappa shape index (κ1) is 19.9. The number of amides is 1. The van der Waals surface area contributed by atoms with Gasteiger partial charge in [0.1, 0.15) is 0 Å². The van der Waals surface area contributed by atoms with Crippen molar-refractivity contribution in [3.8, 4) is 0 Å². The van der Waals surface area contributed by atoms with Crippen LogP contribution in [0.25, 0.3) is 0 Å². The Bertz CT molecular complexity index is 850. The maximum Gasteiger partial charge on any atom is 0.252 e. The van der Waals surface area contributed by atoms with Crippen molar-refractivity contribution >= 4 is 11.9 Å². The Hall–Kier alpha value is -1.73. The van der Waals surface area contributed by atoms with Gasteiger partial charge in [0.25, 0.3) is 5.91 Å². The van der Waals surface area contributed by atoms with Gasteiger partial charge in [0.05, 0.1) is 16.9 Å². The second-order valence-electron chi connectivity index (χ2n) is 10.9. The van der Waals surface area contributed by atoms with Crippen LogP contribution in [0.3, 0.4) is 0 Å². The van der Waals surface area contributed by atoms with Crippen LogP contribution in [0.1, 0.15) is 86.2 Å². The van der Waals surface area contributed by atoms with Crippen LogP contribution in [0.5, 0.6) is 0 Å². The van der Waals surface area contributed by atoms with Gasteiger partial charge in [-0.05, 0) is 75.5 Å². The molecule has 4 bridgehead atoms. The largest absolute Gasteiger partial charge is 0.390 e. The Kier molecular flexibility index (Phi) is 4.76. The fraction of sp³-hybridized carbons (Fsp3) is 0.792. The number of rotatable bonds is 5. The van der Waals surface area contributed by atoms with E-state index < -0.39 is 11.5 Å². The van der Waals surface area contributed by atoms with Gasteiger partial charge in [0.15, 0.2) is 0 Å². The third kappa shape index (κ3) is 3.35. The molecule has 31 heavy (non-hydrogen) atoms. The molecule has 2 heterocycles. The number of aromatic nitrogens is 2. The summed E-state index contributed by atoms with van der Waals surface area (Å²) >= 11 is 0. The van der Waals surface area contributed by atoms with Crippen LogP contribution >= 0.6 is 0 Å². The van der Waals surface area contributed by atoms with E-state index in [-0.39, 0.29) is 0 Å². The number of hydrogen-bond donors (Lipinski definition) is 2. The number of hydrogen-bond acceptors (Lipinski definition) is 6. The van der Waals surface area contributed by atoms with Gasteiger partial charge in [0.2, 0.25) is 5.95 Å². The van der Waals surface area contributed by atoms with Crippen molar-refractivity contribution in [1.29, 1.82) is 0 Å². The van der Waals surface area contributed by atoms with Gasteiger partial charge in [-0.3, -0.25) is 4.79 Å². The van der Waals surface area contributed by atoms with Gasteiger partial charge in [-0.1, -0.05) is 6.42 Å². The van der Waals surface area contributed by atoms with Crippen LogP contribution in [-0.2, 0) is 4.74 Å². The Morgan fingerprint density at radius 1 is 1.13 bits per heavy atom. The van der Waals surface area contributed by atoms with Crippen LogP contribution in [0, 0.1) is 17.8 Å². The molecule has 6 aliphatic rings. The summed E-state index contributed by atoms with van der Waals surface area (Å²) in [6.07, 6.45) is 12.1. The molecule has 3 N–H and O–H groups in total. The highest BCUT2D eigenvalue weighted by atomic mass is 16.5. The Morgan fingerprint density at radius 3 is 2.42 bits per heavy atom. The molecule has 0 spiro atoms. The zero-order valence-corrected chi connectivity index (χ0v) is 18.2. The molecule has 1 saturated heterocycles. The first-order chi connectivity index (χ1) is 15.0. The van der Waals surface area contributed by atoms with Crippen molar-refractivity contribution in [2.24, 2.45) is 23.5 Å². The molecule has 7 rings (SSSR count). The Balaban J connectivity index is 1.40. The molecular weight excluding hydrogens is 392 g/mol. The lowest BCUT2D eigenvalue weighted by molar-refractivity contribution is -0.135. The second kappa shape index (κ2) is 7.41. The van der Waals surface area contributed by atoms with Crippen molar-refractivity contribution in [3.05, 3.63) is 17.5 Å². The van der Waals surface area contributed by atoms with Gasteiger partial charge in [0, 0.05) is 37.4 Å². The molecule has 1 aromatic heterocycles. The zero-order valence-electron chi connectivity index (χ0n) is 18.2. The molecule has 2 unspecified atom stereocenters. The van der Waals surface area contributed by atoms with E-state index in [1.54, 1.807) is 6.20 Å². The average Bonchev–Trinajstić information content (AvgIpc) is 2.68. The van der Waals surface area contributed by atoms with E-state index >= 15 is 0 Å². The van der Waals surface area contributed by atoms with Crippen LogP contribution in [0.2, 0.25) is 0 Å². The smallest absolute Gasteiger partial charge is 0.252 e. The van der Waals surface area contributed by atoms with Crippen molar-refractivity contribution < 1.29 is 14.6 Å². The van der Waals surface area contributed by atoms with Gasteiger partial charge >= 0.3 is 0 Å². The van der Waals surface area contributed by atoms with Crippen LogP contribution in [0.15, 0.2) is 6.20 Å². The van der Waals surface area contributed by atoms with E-state index in [9.17, 15) is 9.90 Å². The van der Waals surface area contributed by atoms with Gasteiger partial charge in [-0.25, -0.2) is 9.97 Å². The van der Waals surface area contributed by atoms with Crippen molar-refractivity contribution in [1.82, 2.24) is 9.97 Å². The predicted octanol–water partition coefficient (Wildman–Crippen LogP) is 2.77. The van der Waals surface area contributed by atoms with Crippen LogP contribution in [-0.4, -0.2) is 51.9 Å². The number of anilines is 1. The highest BCUT2D eigenvalue weighted by Crippen LogP contribution is 2.57. The van der Waals surface area contributed by atoms with E-state index in [1.165, 1.54) is 19.3 Å². The van der Waals surface area contributed by atoms with Gasteiger partial charge in [-0.15, -0.1) is 0 Å². The van der Waals surface area contributed by atoms with E-state index in [2.05, 4.69) is 4.90 Å². The topological polar surface area (TPSA) is 102 Å². The number of aliphatic hydroxyl groups is 1. The molecule has 0 aromatic carbocycles. The van der Waals surface area contributed by atoms with E-state index in [0.29, 0.717) is 41.3 Å². The highest BCUT2D eigenvalue weighted by molar-refractivity contribution is 5.93. The summed E-state index contributed by atoms with van der Waals surface area (Å²) in [6, 6.07) is 0.716. The van der Waals surface area contributed by atoms with E-state index in [0.717, 1.165) is 69.8 Å². The molecule has 6 fully saturated rings. The molecule has 168 valence electrons. The lowest BCUT2D eigenvalue weighted by atomic mass is 9.52. The van der Waals surface area contributed by atoms with E-state index in [1.807, 2.05) is 0 Å². The monoisotopic (exact) mass is 426 g/mol. The number of ether oxygens (including phenoxy) is 1. The predicted molar refractivity (Wildman–Crippen MR) is 116 cm³/mol. The molecule has 1 aromatic rings. The maximum absolute atomic E-state index is 12.1. The zero-order chi connectivity index (χ0) is 21.2. The van der Waals surface area contributed by atoms with Crippen LogP contribution < -0.4 is 10.6 Å². The van der Waals surface area contributed by atoms with Crippen molar-refractivity contribution in [2.75, 3.05) is 18.1 Å². The summed E-state index contributed by atoms with van der Waals surface area (Å²) < 4.78 is 5.68. The third-order valence-corrected chi connectivity index (χ3v) is 8.89. The molecule has 5 aliphatic carbocycles. The first-order valence-electron chi connectivity index (χ1n) is 12.3. The highest BCUT2D eigenvalue weighted by Gasteiger charge is 2.57. The van der Waals surface area contributed by atoms with Crippen molar-refractivity contribution in [2.45, 2.75) is 87.8 Å². The average molecular weight is 427 g/mol.